The number of nitrogens with two attached hydrogens (primary N) is 2. The number of nitrogen functional groups attached to an aromatic ring is 1. The molecule has 0 aliphatic rings. The van der Waals surface area contributed by atoms with Gasteiger partial charge in [0.15, 0.2) is 5.82 Å². The van der Waals surface area contributed by atoms with Gasteiger partial charge >= 0.3 is 0 Å². The summed E-state index contributed by atoms with van der Waals surface area (Å²) in [5.41, 5.74) is 11.9. The Kier molecular flexibility index (Phi) is 2.97. The Morgan fingerprint density at radius 1 is 1.44 bits per heavy atom. The van der Waals surface area contributed by atoms with Gasteiger partial charge in [-0.2, -0.15) is 5.10 Å². The van der Waals surface area contributed by atoms with Crippen LogP contribution in [0.15, 0.2) is 12.3 Å². The van der Waals surface area contributed by atoms with Crippen LogP contribution >= 0.6 is 0 Å². The summed E-state index contributed by atoms with van der Waals surface area (Å²) in [7, 11) is 0. The number of carbonyl (C=O) groups is 1. The van der Waals surface area contributed by atoms with Crippen molar-refractivity contribution in [3.8, 4) is 5.82 Å². The molecule has 0 saturated carbocycles. The molecule has 0 saturated heterocycles. The van der Waals surface area contributed by atoms with Crippen LogP contribution in [-0.2, 0) is 6.42 Å². The van der Waals surface area contributed by atoms with Gasteiger partial charge in [0, 0.05) is 18.2 Å². The standard InChI is InChI=1S/C11H14N6O/c1-3-8-14-9(12)6(2)11(15-8)17-5-4-7(16-17)10(13)18/h4-5H,3H2,1-2H3,(H2,13,18)(H2,12,14,15). The first-order valence-corrected chi connectivity index (χ1v) is 5.51. The lowest BCUT2D eigenvalue weighted by Gasteiger charge is -2.08. The van der Waals surface area contributed by atoms with E-state index in [1.165, 1.54) is 10.7 Å². The number of aromatic nitrogens is 4. The zero-order valence-corrected chi connectivity index (χ0v) is 10.2. The third kappa shape index (κ3) is 2.02. The van der Waals surface area contributed by atoms with Crippen molar-refractivity contribution in [3.63, 3.8) is 0 Å². The fourth-order valence-electron chi connectivity index (χ4n) is 1.52. The predicted molar refractivity (Wildman–Crippen MR) is 66.2 cm³/mol. The largest absolute Gasteiger partial charge is 0.383 e. The van der Waals surface area contributed by atoms with E-state index in [-0.39, 0.29) is 5.69 Å². The number of primary amides is 1. The average molecular weight is 246 g/mol. The normalized spacial score (nSPS) is 10.6. The molecule has 0 bridgehead atoms. The summed E-state index contributed by atoms with van der Waals surface area (Å²) >= 11 is 0. The molecule has 0 spiro atoms. The maximum Gasteiger partial charge on any atom is 0.269 e. The maximum atomic E-state index is 11.0. The van der Waals surface area contributed by atoms with E-state index in [0.29, 0.717) is 29.4 Å². The van der Waals surface area contributed by atoms with Gasteiger partial charge in [0.1, 0.15) is 17.3 Å². The van der Waals surface area contributed by atoms with Gasteiger partial charge in [-0.3, -0.25) is 4.79 Å². The van der Waals surface area contributed by atoms with Crippen molar-refractivity contribution in [2.75, 3.05) is 5.73 Å². The van der Waals surface area contributed by atoms with Gasteiger partial charge in [0.05, 0.1) is 0 Å². The van der Waals surface area contributed by atoms with Crippen LogP contribution in [0, 0.1) is 6.92 Å². The molecule has 1 amide bonds. The minimum absolute atomic E-state index is 0.185. The summed E-state index contributed by atoms with van der Waals surface area (Å²) in [5.74, 6) is 1.02. The van der Waals surface area contributed by atoms with Crippen LogP contribution in [0.3, 0.4) is 0 Å². The highest BCUT2D eigenvalue weighted by Gasteiger charge is 2.12. The lowest BCUT2D eigenvalue weighted by atomic mass is 10.3. The van der Waals surface area contributed by atoms with E-state index in [1.54, 1.807) is 13.1 Å². The van der Waals surface area contributed by atoms with Gasteiger partial charge < -0.3 is 11.5 Å². The Labute approximate surface area is 104 Å². The molecule has 2 rings (SSSR count). The lowest BCUT2D eigenvalue weighted by molar-refractivity contribution is 0.0995. The number of hydrogen-bond donors (Lipinski definition) is 2. The molecule has 0 fully saturated rings. The molecule has 2 aromatic heterocycles. The number of hydrogen-bond acceptors (Lipinski definition) is 5. The molecule has 0 aliphatic carbocycles. The van der Waals surface area contributed by atoms with E-state index in [4.69, 9.17) is 11.5 Å². The summed E-state index contributed by atoms with van der Waals surface area (Å²) in [6.45, 7) is 3.74. The summed E-state index contributed by atoms with van der Waals surface area (Å²) in [6, 6.07) is 1.53. The molecule has 94 valence electrons. The van der Waals surface area contributed by atoms with Gasteiger partial charge in [-0.15, -0.1) is 0 Å². The predicted octanol–water partition coefficient (Wildman–Crippen LogP) is 0.214. The Bertz CT molecular complexity index is 604. The first-order valence-electron chi connectivity index (χ1n) is 5.51. The molecule has 7 nitrogen and oxygen atoms in total. The van der Waals surface area contributed by atoms with Gasteiger partial charge in [-0.05, 0) is 13.0 Å². The fourth-order valence-corrected chi connectivity index (χ4v) is 1.52. The molecular weight excluding hydrogens is 232 g/mol. The van der Waals surface area contributed by atoms with E-state index in [0.717, 1.165) is 0 Å². The Balaban J connectivity index is 2.55. The second-order valence-corrected chi connectivity index (χ2v) is 3.84. The number of carbonyl (C=O) groups excluding carboxylic acids is 1. The molecule has 7 heteroatoms. The minimum Gasteiger partial charge on any atom is -0.383 e. The van der Waals surface area contributed by atoms with Crippen LogP contribution in [-0.4, -0.2) is 25.7 Å². The van der Waals surface area contributed by atoms with Crippen molar-refractivity contribution in [2.24, 2.45) is 5.73 Å². The second kappa shape index (κ2) is 4.44. The van der Waals surface area contributed by atoms with Crippen LogP contribution in [0.4, 0.5) is 5.82 Å². The molecule has 0 aromatic carbocycles. The van der Waals surface area contributed by atoms with Crippen LogP contribution in [0.5, 0.6) is 0 Å². The van der Waals surface area contributed by atoms with Crippen molar-refractivity contribution < 1.29 is 4.79 Å². The molecular formula is C11H14N6O. The SMILES string of the molecule is CCc1nc(N)c(C)c(-n2ccc(C(N)=O)n2)n1. The Hall–Kier alpha value is -2.44. The third-order valence-electron chi connectivity index (χ3n) is 2.58. The Morgan fingerprint density at radius 3 is 2.72 bits per heavy atom. The second-order valence-electron chi connectivity index (χ2n) is 3.84. The molecule has 18 heavy (non-hydrogen) atoms. The average Bonchev–Trinajstić information content (AvgIpc) is 2.82. The zero-order valence-electron chi connectivity index (χ0n) is 10.2. The molecule has 2 heterocycles. The summed E-state index contributed by atoms with van der Waals surface area (Å²) in [5, 5.41) is 4.05. The monoisotopic (exact) mass is 246 g/mol. The van der Waals surface area contributed by atoms with Crippen molar-refractivity contribution in [3.05, 3.63) is 29.3 Å². The number of amides is 1. The smallest absolute Gasteiger partial charge is 0.269 e. The van der Waals surface area contributed by atoms with Gasteiger partial charge in [-0.1, -0.05) is 6.92 Å². The topological polar surface area (TPSA) is 113 Å². The van der Waals surface area contributed by atoms with E-state index in [2.05, 4.69) is 15.1 Å². The highest BCUT2D eigenvalue weighted by molar-refractivity contribution is 5.90. The number of anilines is 1. The molecule has 2 aromatic rings. The molecule has 0 unspecified atom stereocenters. The molecule has 0 atom stereocenters. The molecule has 4 N–H and O–H groups in total. The van der Waals surface area contributed by atoms with Crippen LogP contribution in [0.1, 0.15) is 28.8 Å². The summed E-state index contributed by atoms with van der Waals surface area (Å²) in [4.78, 5) is 19.5. The van der Waals surface area contributed by atoms with Gasteiger partial charge in [0.25, 0.3) is 5.91 Å². The van der Waals surface area contributed by atoms with E-state index in [9.17, 15) is 4.79 Å². The van der Waals surface area contributed by atoms with Crippen molar-refractivity contribution in [1.29, 1.82) is 0 Å². The zero-order chi connectivity index (χ0) is 13.3. The van der Waals surface area contributed by atoms with Gasteiger partial charge in [-0.25, -0.2) is 14.6 Å². The van der Waals surface area contributed by atoms with Gasteiger partial charge in [0.2, 0.25) is 0 Å². The molecule has 0 aliphatic heterocycles. The highest BCUT2D eigenvalue weighted by atomic mass is 16.1. The molecule has 0 radical (unpaired) electrons. The van der Waals surface area contributed by atoms with Crippen LogP contribution in [0.2, 0.25) is 0 Å². The number of nitrogens with zero attached hydrogens (tertiary/aromatic N) is 4. The highest BCUT2D eigenvalue weighted by Crippen LogP contribution is 2.16. The first kappa shape index (κ1) is 12.0. The first-order chi connectivity index (χ1) is 8.52. The quantitative estimate of drug-likeness (QED) is 0.804. The van der Waals surface area contributed by atoms with E-state index in [1.807, 2.05) is 6.92 Å². The maximum absolute atomic E-state index is 11.0. The Morgan fingerprint density at radius 2 is 2.17 bits per heavy atom. The minimum atomic E-state index is -0.579. The van der Waals surface area contributed by atoms with Crippen molar-refractivity contribution in [1.82, 2.24) is 19.7 Å². The lowest BCUT2D eigenvalue weighted by Crippen LogP contribution is -2.13. The van der Waals surface area contributed by atoms with E-state index >= 15 is 0 Å². The summed E-state index contributed by atoms with van der Waals surface area (Å²) in [6.07, 6.45) is 2.29. The third-order valence-corrected chi connectivity index (χ3v) is 2.58. The van der Waals surface area contributed by atoms with Crippen molar-refractivity contribution in [2.45, 2.75) is 20.3 Å². The van der Waals surface area contributed by atoms with Crippen LogP contribution < -0.4 is 11.5 Å². The number of rotatable bonds is 3. The fraction of sp³-hybridized carbons (Fsp3) is 0.273. The van der Waals surface area contributed by atoms with Crippen LogP contribution in [0.25, 0.3) is 5.82 Å². The number of aryl methyl sites for hydroxylation is 1. The van der Waals surface area contributed by atoms with E-state index < -0.39 is 5.91 Å². The summed E-state index contributed by atoms with van der Waals surface area (Å²) < 4.78 is 1.48. The van der Waals surface area contributed by atoms with Crippen molar-refractivity contribution >= 4 is 11.7 Å².